The highest BCUT2D eigenvalue weighted by Gasteiger charge is 2.07. The van der Waals surface area contributed by atoms with Gasteiger partial charge in [-0.25, -0.2) is 8.78 Å². The summed E-state index contributed by atoms with van der Waals surface area (Å²) in [6, 6.07) is 3.94. The lowest BCUT2D eigenvalue weighted by Gasteiger charge is -2.01. The van der Waals surface area contributed by atoms with Crippen LogP contribution in [0.4, 0.5) is 8.78 Å². The molecule has 0 saturated heterocycles. The molecule has 1 rings (SSSR count). The van der Waals surface area contributed by atoms with Gasteiger partial charge in [-0.05, 0) is 6.07 Å². The average molecular weight is 202 g/mol. The van der Waals surface area contributed by atoms with Crippen molar-refractivity contribution in [3.05, 3.63) is 35.4 Å². The maximum Gasteiger partial charge on any atom is 0.162 e. The van der Waals surface area contributed by atoms with Crippen LogP contribution in [0, 0.1) is 17.0 Å². The Hall–Kier alpha value is -1.10. The van der Waals surface area contributed by atoms with Crippen LogP contribution in [0.3, 0.4) is 0 Å². The third-order valence-corrected chi connectivity index (χ3v) is 2.18. The van der Waals surface area contributed by atoms with E-state index < -0.39 is 11.6 Å². The third-order valence-electron chi connectivity index (χ3n) is 1.41. The summed E-state index contributed by atoms with van der Waals surface area (Å²) in [6.45, 7) is 0. The van der Waals surface area contributed by atoms with Crippen LogP contribution in [0.15, 0.2) is 18.2 Å². The largest absolute Gasteiger partial charge is 0.379 e. The van der Waals surface area contributed by atoms with Crippen LogP contribution < -0.4 is 5.73 Å². The second-order valence-electron chi connectivity index (χ2n) is 2.37. The Bertz CT molecular complexity index is 328. The zero-order valence-corrected chi connectivity index (χ0v) is 7.50. The van der Waals surface area contributed by atoms with Crippen molar-refractivity contribution in [3.63, 3.8) is 0 Å². The molecule has 5 heteroatoms. The lowest BCUT2D eigenvalue weighted by atomic mass is 10.2. The zero-order valence-electron chi connectivity index (χ0n) is 6.68. The van der Waals surface area contributed by atoms with Gasteiger partial charge in [-0.3, -0.25) is 5.41 Å². The highest BCUT2D eigenvalue weighted by Crippen LogP contribution is 2.17. The number of rotatable bonds is 2. The normalized spacial score (nSPS) is 10.0. The van der Waals surface area contributed by atoms with Gasteiger partial charge in [0.25, 0.3) is 0 Å². The van der Waals surface area contributed by atoms with Crippen molar-refractivity contribution in [2.24, 2.45) is 5.73 Å². The molecule has 0 heterocycles. The summed E-state index contributed by atoms with van der Waals surface area (Å²) in [5.41, 5.74) is 5.28. The van der Waals surface area contributed by atoms with Gasteiger partial charge in [0, 0.05) is 11.3 Å². The first-order chi connectivity index (χ1) is 6.11. The van der Waals surface area contributed by atoms with Gasteiger partial charge >= 0.3 is 0 Å². The minimum Gasteiger partial charge on any atom is -0.379 e. The predicted molar refractivity (Wildman–Crippen MR) is 49.6 cm³/mol. The fourth-order valence-electron chi connectivity index (χ4n) is 0.815. The maximum absolute atomic E-state index is 13.0. The van der Waals surface area contributed by atoms with Gasteiger partial charge < -0.3 is 5.73 Å². The second-order valence-corrected chi connectivity index (χ2v) is 3.38. The molecule has 0 unspecified atom stereocenters. The first kappa shape index (κ1) is 9.98. The van der Waals surface area contributed by atoms with Crippen LogP contribution in [0.25, 0.3) is 0 Å². The summed E-state index contributed by atoms with van der Waals surface area (Å²) < 4.78 is 25.6. The molecule has 0 bridgehead atoms. The molecule has 3 N–H and O–H groups in total. The molecule has 0 aliphatic carbocycles. The van der Waals surface area contributed by atoms with Crippen LogP contribution in [-0.4, -0.2) is 5.17 Å². The number of hydrogen-bond donors (Lipinski definition) is 2. The number of halogens is 2. The van der Waals surface area contributed by atoms with E-state index in [2.05, 4.69) is 0 Å². The number of benzene rings is 1. The van der Waals surface area contributed by atoms with Gasteiger partial charge in [-0.2, -0.15) is 0 Å². The smallest absolute Gasteiger partial charge is 0.162 e. The minimum absolute atomic E-state index is 0.108. The Labute approximate surface area is 78.6 Å². The first-order valence-corrected chi connectivity index (χ1v) is 4.49. The average Bonchev–Trinajstić information content (AvgIpc) is 2.07. The molecule has 0 spiro atoms. The summed E-state index contributed by atoms with van der Waals surface area (Å²) in [6.07, 6.45) is 0. The minimum atomic E-state index is -0.873. The summed E-state index contributed by atoms with van der Waals surface area (Å²) in [5, 5.41) is 6.78. The van der Waals surface area contributed by atoms with Crippen LogP contribution in [0.5, 0.6) is 0 Å². The molecule has 0 radical (unpaired) electrons. The SMILES string of the molecule is N=C(N)SCc1cccc(F)c1F. The zero-order chi connectivity index (χ0) is 9.84. The maximum atomic E-state index is 13.0. The molecule has 1 aromatic rings. The number of nitrogens with one attached hydrogen (secondary N) is 1. The lowest BCUT2D eigenvalue weighted by molar-refractivity contribution is 0.502. The molecule has 0 aliphatic heterocycles. The number of amidine groups is 1. The van der Waals surface area contributed by atoms with Crippen LogP contribution in [-0.2, 0) is 5.75 Å². The Kier molecular flexibility index (Phi) is 3.25. The quantitative estimate of drug-likeness (QED) is 0.570. The molecular formula is C8H8F2N2S. The molecule has 2 nitrogen and oxygen atoms in total. The van der Waals surface area contributed by atoms with Crippen molar-refractivity contribution < 1.29 is 8.78 Å². The summed E-state index contributed by atoms with van der Waals surface area (Å²) in [4.78, 5) is 0. The molecule has 70 valence electrons. The van der Waals surface area contributed by atoms with Gasteiger partial charge in [0.15, 0.2) is 16.8 Å². The third kappa shape index (κ3) is 2.69. The predicted octanol–water partition coefficient (Wildman–Crippen LogP) is 2.09. The van der Waals surface area contributed by atoms with E-state index in [4.69, 9.17) is 11.1 Å². The highest BCUT2D eigenvalue weighted by atomic mass is 32.2. The molecule has 0 amide bonds. The van der Waals surface area contributed by atoms with Crippen LogP contribution in [0.1, 0.15) is 5.56 Å². The van der Waals surface area contributed by atoms with Crippen molar-refractivity contribution in [2.75, 3.05) is 0 Å². The fraction of sp³-hybridized carbons (Fsp3) is 0.125. The summed E-state index contributed by atoms with van der Waals surface area (Å²) >= 11 is 0.962. The number of hydrogen-bond acceptors (Lipinski definition) is 2. The van der Waals surface area contributed by atoms with Gasteiger partial charge in [0.1, 0.15) is 0 Å². The number of nitrogens with two attached hydrogens (primary N) is 1. The van der Waals surface area contributed by atoms with Gasteiger partial charge in [0.2, 0.25) is 0 Å². The van der Waals surface area contributed by atoms with Gasteiger partial charge in [-0.15, -0.1) is 0 Å². The van der Waals surface area contributed by atoms with Gasteiger partial charge in [-0.1, -0.05) is 23.9 Å². The molecule has 0 fully saturated rings. The van der Waals surface area contributed by atoms with E-state index in [1.807, 2.05) is 0 Å². The van der Waals surface area contributed by atoms with E-state index >= 15 is 0 Å². The van der Waals surface area contributed by atoms with Crippen molar-refractivity contribution in [2.45, 2.75) is 5.75 Å². The standard InChI is InChI=1S/C8H8F2N2S/c9-6-3-1-2-5(7(6)10)4-13-8(11)12/h1-3H,4H2,(H3,11,12). The van der Waals surface area contributed by atoms with Crippen molar-refractivity contribution >= 4 is 16.9 Å². The van der Waals surface area contributed by atoms with Crippen molar-refractivity contribution in [1.29, 1.82) is 5.41 Å². The molecule has 0 aliphatic rings. The van der Waals surface area contributed by atoms with E-state index in [-0.39, 0.29) is 16.5 Å². The van der Waals surface area contributed by atoms with E-state index in [9.17, 15) is 8.78 Å². The van der Waals surface area contributed by atoms with Crippen LogP contribution in [0.2, 0.25) is 0 Å². The van der Waals surface area contributed by atoms with Gasteiger partial charge in [0.05, 0.1) is 0 Å². The molecule has 0 saturated carbocycles. The topological polar surface area (TPSA) is 49.9 Å². The summed E-state index contributed by atoms with van der Waals surface area (Å²) in [5.74, 6) is -1.56. The fourth-order valence-corrected chi connectivity index (χ4v) is 1.35. The Morgan fingerprint density at radius 2 is 2.15 bits per heavy atom. The van der Waals surface area contributed by atoms with E-state index in [1.165, 1.54) is 12.1 Å². The Balaban J connectivity index is 2.77. The molecule has 13 heavy (non-hydrogen) atoms. The molecule has 0 aromatic heterocycles. The molecular weight excluding hydrogens is 194 g/mol. The second kappa shape index (κ2) is 4.23. The lowest BCUT2D eigenvalue weighted by Crippen LogP contribution is -2.04. The van der Waals surface area contributed by atoms with Crippen LogP contribution >= 0.6 is 11.8 Å². The van der Waals surface area contributed by atoms with Crippen molar-refractivity contribution in [1.82, 2.24) is 0 Å². The highest BCUT2D eigenvalue weighted by molar-refractivity contribution is 8.13. The Morgan fingerprint density at radius 3 is 2.77 bits per heavy atom. The molecule has 0 atom stereocenters. The number of thioether (sulfide) groups is 1. The molecule has 1 aromatic carbocycles. The Morgan fingerprint density at radius 1 is 1.46 bits per heavy atom. The summed E-state index contributed by atoms with van der Waals surface area (Å²) in [7, 11) is 0. The van der Waals surface area contributed by atoms with Crippen molar-refractivity contribution in [3.8, 4) is 0 Å². The van der Waals surface area contributed by atoms with E-state index in [1.54, 1.807) is 0 Å². The monoisotopic (exact) mass is 202 g/mol. The first-order valence-electron chi connectivity index (χ1n) is 3.51. The van der Waals surface area contributed by atoms with E-state index in [0.29, 0.717) is 0 Å². The van der Waals surface area contributed by atoms with E-state index in [0.717, 1.165) is 17.8 Å².